The second-order valence-corrected chi connectivity index (χ2v) is 5.68. The summed E-state index contributed by atoms with van der Waals surface area (Å²) in [5, 5.41) is 16.0. The fourth-order valence-corrected chi connectivity index (χ4v) is 2.39. The highest BCUT2D eigenvalue weighted by atomic mass is 16.4. The van der Waals surface area contributed by atoms with Crippen LogP contribution in [0.5, 0.6) is 0 Å². The minimum absolute atomic E-state index is 0.116. The van der Waals surface area contributed by atoms with Crippen LogP contribution < -0.4 is 5.32 Å². The Kier molecular flexibility index (Phi) is 4.61. The normalized spacial score (nSPS) is 10.4. The lowest BCUT2D eigenvalue weighted by atomic mass is 10.1. The predicted octanol–water partition coefficient (Wildman–Crippen LogP) is 3.19. The van der Waals surface area contributed by atoms with E-state index in [1.807, 2.05) is 49.4 Å². The van der Waals surface area contributed by atoms with Crippen molar-refractivity contribution in [1.82, 2.24) is 9.78 Å². The average Bonchev–Trinajstić information content (AvgIpc) is 2.99. The van der Waals surface area contributed by atoms with E-state index in [-0.39, 0.29) is 11.6 Å². The third kappa shape index (κ3) is 3.92. The number of aryl methyl sites for hydroxylation is 1. The molecule has 3 rings (SSSR count). The zero-order chi connectivity index (χ0) is 17.8. The van der Waals surface area contributed by atoms with Crippen LogP contribution in [0, 0.1) is 6.92 Å². The van der Waals surface area contributed by atoms with Gasteiger partial charge < -0.3 is 10.4 Å². The van der Waals surface area contributed by atoms with Gasteiger partial charge in [0, 0.05) is 11.6 Å². The van der Waals surface area contributed by atoms with E-state index in [2.05, 4.69) is 10.4 Å². The van der Waals surface area contributed by atoms with Gasteiger partial charge in [-0.3, -0.25) is 4.79 Å². The maximum atomic E-state index is 12.4. The van der Waals surface area contributed by atoms with Crippen LogP contribution in [-0.2, 0) is 6.54 Å². The zero-order valence-corrected chi connectivity index (χ0v) is 13.6. The van der Waals surface area contributed by atoms with E-state index >= 15 is 0 Å². The van der Waals surface area contributed by atoms with Crippen molar-refractivity contribution >= 4 is 17.7 Å². The summed E-state index contributed by atoms with van der Waals surface area (Å²) in [4.78, 5) is 23.6. The lowest BCUT2D eigenvalue weighted by Crippen LogP contribution is -2.16. The number of carboxylic acid groups (broad SMARTS) is 1. The number of hydrogen-bond donors (Lipinski definition) is 2. The molecular formula is C19H17N3O3. The number of carboxylic acids is 1. The van der Waals surface area contributed by atoms with Crippen LogP contribution in [0.2, 0.25) is 0 Å². The molecule has 1 heterocycles. The Morgan fingerprint density at radius 1 is 1.08 bits per heavy atom. The lowest BCUT2D eigenvalue weighted by molar-refractivity contribution is 0.0689. The Morgan fingerprint density at radius 3 is 2.40 bits per heavy atom. The third-order valence-corrected chi connectivity index (χ3v) is 3.73. The molecular weight excluding hydrogens is 318 g/mol. The topological polar surface area (TPSA) is 84.2 Å². The molecule has 6 heteroatoms. The van der Waals surface area contributed by atoms with Gasteiger partial charge >= 0.3 is 5.97 Å². The fourth-order valence-electron chi connectivity index (χ4n) is 2.39. The number of carbonyl (C=O) groups excluding carboxylic acids is 1. The van der Waals surface area contributed by atoms with Crippen molar-refractivity contribution in [3.63, 3.8) is 0 Å². The quantitative estimate of drug-likeness (QED) is 0.750. The Bertz CT molecular complexity index is 899. The van der Waals surface area contributed by atoms with E-state index < -0.39 is 5.97 Å². The number of amides is 1. The minimum Gasteiger partial charge on any atom is -0.476 e. The standard InChI is InChI=1S/C19H17N3O3/c1-13-7-9-15(10-8-13)18(23)20-17-11-16(19(24)25)21-22(17)12-14-5-3-2-4-6-14/h2-11H,12H2,1H3,(H,20,23)(H,24,25). The number of rotatable bonds is 5. The molecule has 1 amide bonds. The van der Waals surface area contributed by atoms with E-state index in [9.17, 15) is 14.7 Å². The van der Waals surface area contributed by atoms with Gasteiger partial charge in [-0.1, -0.05) is 48.0 Å². The molecule has 126 valence electrons. The Hall–Kier alpha value is -3.41. The van der Waals surface area contributed by atoms with Gasteiger partial charge in [0.25, 0.3) is 5.91 Å². The molecule has 0 atom stereocenters. The molecule has 2 N–H and O–H groups in total. The molecule has 0 bridgehead atoms. The molecule has 0 saturated carbocycles. The maximum Gasteiger partial charge on any atom is 0.356 e. The van der Waals surface area contributed by atoms with E-state index in [1.165, 1.54) is 10.7 Å². The summed E-state index contributed by atoms with van der Waals surface area (Å²) in [7, 11) is 0. The second kappa shape index (κ2) is 7.00. The average molecular weight is 335 g/mol. The van der Waals surface area contributed by atoms with Gasteiger partial charge in [0.05, 0.1) is 6.54 Å². The molecule has 0 aliphatic rings. The van der Waals surface area contributed by atoms with Crippen molar-refractivity contribution in [2.24, 2.45) is 0 Å². The van der Waals surface area contributed by atoms with Crippen LogP contribution in [0.3, 0.4) is 0 Å². The molecule has 0 saturated heterocycles. The summed E-state index contributed by atoms with van der Waals surface area (Å²) < 4.78 is 1.48. The SMILES string of the molecule is Cc1ccc(C(=O)Nc2cc(C(=O)O)nn2Cc2ccccc2)cc1. The summed E-state index contributed by atoms with van der Waals surface area (Å²) in [5.41, 5.74) is 2.39. The number of nitrogens with one attached hydrogen (secondary N) is 1. The molecule has 3 aromatic rings. The lowest BCUT2D eigenvalue weighted by Gasteiger charge is -2.09. The first kappa shape index (κ1) is 16.4. The van der Waals surface area contributed by atoms with Crippen molar-refractivity contribution in [3.8, 4) is 0 Å². The fraction of sp³-hybridized carbons (Fsp3) is 0.105. The number of carbonyl (C=O) groups is 2. The van der Waals surface area contributed by atoms with Gasteiger partial charge in [0.1, 0.15) is 5.82 Å². The smallest absolute Gasteiger partial charge is 0.356 e. The van der Waals surface area contributed by atoms with E-state index in [0.717, 1.165) is 11.1 Å². The minimum atomic E-state index is -1.14. The van der Waals surface area contributed by atoms with Crippen LogP contribution in [0.4, 0.5) is 5.82 Å². The van der Waals surface area contributed by atoms with E-state index in [1.54, 1.807) is 12.1 Å². The van der Waals surface area contributed by atoms with Crippen molar-refractivity contribution in [1.29, 1.82) is 0 Å². The maximum absolute atomic E-state index is 12.4. The molecule has 0 radical (unpaired) electrons. The van der Waals surface area contributed by atoms with E-state index in [4.69, 9.17) is 0 Å². The zero-order valence-electron chi connectivity index (χ0n) is 13.6. The summed E-state index contributed by atoms with van der Waals surface area (Å²) >= 11 is 0. The Morgan fingerprint density at radius 2 is 1.76 bits per heavy atom. The number of aromatic nitrogens is 2. The molecule has 2 aromatic carbocycles. The number of anilines is 1. The van der Waals surface area contributed by atoms with Crippen molar-refractivity contribution in [2.45, 2.75) is 13.5 Å². The molecule has 0 unspecified atom stereocenters. The van der Waals surface area contributed by atoms with Crippen molar-refractivity contribution in [2.75, 3.05) is 5.32 Å². The van der Waals surface area contributed by atoms with Gasteiger partial charge in [-0.15, -0.1) is 0 Å². The summed E-state index contributed by atoms with van der Waals surface area (Å²) in [6.07, 6.45) is 0. The highest BCUT2D eigenvalue weighted by Crippen LogP contribution is 2.15. The van der Waals surface area contributed by atoms with Gasteiger partial charge in [0.2, 0.25) is 0 Å². The highest BCUT2D eigenvalue weighted by molar-refractivity contribution is 6.04. The second-order valence-electron chi connectivity index (χ2n) is 5.68. The van der Waals surface area contributed by atoms with Gasteiger partial charge in [-0.05, 0) is 24.6 Å². The van der Waals surface area contributed by atoms with Crippen LogP contribution in [0.15, 0.2) is 60.7 Å². The number of hydrogen-bond acceptors (Lipinski definition) is 3. The predicted molar refractivity (Wildman–Crippen MR) is 93.9 cm³/mol. The molecule has 0 spiro atoms. The first-order valence-corrected chi connectivity index (χ1v) is 7.76. The highest BCUT2D eigenvalue weighted by Gasteiger charge is 2.16. The number of aromatic carboxylic acids is 1. The number of benzene rings is 2. The molecule has 0 fully saturated rings. The summed E-state index contributed by atoms with van der Waals surface area (Å²) in [6.45, 7) is 2.30. The van der Waals surface area contributed by atoms with Crippen molar-refractivity contribution < 1.29 is 14.7 Å². The first-order chi connectivity index (χ1) is 12.0. The molecule has 1 aromatic heterocycles. The van der Waals surface area contributed by atoms with Crippen LogP contribution in [0.1, 0.15) is 32.0 Å². The first-order valence-electron chi connectivity index (χ1n) is 7.76. The molecule has 0 aliphatic heterocycles. The van der Waals surface area contributed by atoms with Crippen LogP contribution in [-0.4, -0.2) is 26.8 Å². The van der Waals surface area contributed by atoms with Crippen LogP contribution in [0.25, 0.3) is 0 Å². The van der Waals surface area contributed by atoms with Gasteiger partial charge in [0.15, 0.2) is 5.69 Å². The van der Waals surface area contributed by atoms with Crippen molar-refractivity contribution in [3.05, 3.63) is 83.0 Å². The Labute approximate surface area is 144 Å². The third-order valence-electron chi connectivity index (χ3n) is 3.73. The Balaban J connectivity index is 1.87. The largest absolute Gasteiger partial charge is 0.476 e. The van der Waals surface area contributed by atoms with Gasteiger partial charge in [-0.25, -0.2) is 9.48 Å². The van der Waals surface area contributed by atoms with E-state index in [0.29, 0.717) is 17.9 Å². The summed E-state index contributed by atoms with van der Waals surface area (Å²) in [6, 6.07) is 18.0. The number of nitrogens with zero attached hydrogens (tertiary/aromatic N) is 2. The van der Waals surface area contributed by atoms with Crippen LogP contribution >= 0.6 is 0 Å². The monoisotopic (exact) mass is 335 g/mol. The molecule has 0 aliphatic carbocycles. The van der Waals surface area contributed by atoms with Gasteiger partial charge in [-0.2, -0.15) is 5.10 Å². The molecule has 6 nitrogen and oxygen atoms in total. The molecule has 25 heavy (non-hydrogen) atoms. The summed E-state index contributed by atoms with van der Waals surface area (Å²) in [5.74, 6) is -1.12.